The van der Waals surface area contributed by atoms with Crippen LogP contribution in [0, 0.1) is 0 Å². The average Bonchev–Trinajstić information content (AvgIpc) is 2.79. The zero-order valence-corrected chi connectivity index (χ0v) is 13.1. The number of imidazole rings is 1. The van der Waals surface area contributed by atoms with E-state index in [9.17, 15) is 5.11 Å². The summed E-state index contributed by atoms with van der Waals surface area (Å²) in [4.78, 5) is 3.93. The predicted molar refractivity (Wildman–Crippen MR) is 82.4 cm³/mol. The van der Waals surface area contributed by atoms with Crippen molar-refractivity contribution in [3.05, 3.63) is 63.1 Å². The van der Waals surface area contributed by atoms with Crippen molar-refractivity contribution in [2.75, 3.05) is 0 Å². The Morgan fingerprint density at radius 2 is 1.90 bits per heavy atom. The molecule has 1 unspecified atom stereocenters. The predicted octanol–water partition coefficient (Wildman–Crippen LogP) is 4.40. The molecule has 2 aromatic rings. The van der Waals surface area contributed by atoms with Crippen molar-refractivity contribution in [3.8, 4) is 0 Å². The Balaban J connectivity index is 2.48. The third-order valence-electron chi connectivity index (χ3n) is 2.69. The fourth-order valence-corrected chi connectivity index (χ4v) is 2.75. The molecule has 20 heavy (non-hydrogen) atoms. The van der Waals surface area contributed by atoms with E-state index in [1.54, 1.807) is 41.5 Å². The van der Waals surface area contributed by atoms with Gasteiger partial charge in [-0.3, -0.25) is 0 Å². The summed E-state index contributed by atoms with van der Waals surface area (Å²) in [7, 11) is 0. The van der Waals surface area contributed by atoms with Crippen molar-refractivity contribution in [2.45, 2.75) is 12.1 Å². The molecule has 0 saturated carbocycles. The summed E-state index contributed by atoms with van der Waals surface area (Å²) in [5.41, 5.74) is -0.962. The lowest BCUT2D eigenvalue weighted by Gasteiger charge is -2.26. The highest BCUT2D eigenvalue weighted by Crippen LogP contribution is 2.32. The van der Waals surface area contributed by atoms with Gasteiger partial charge in [0.2, 0.25) is 0 Å². The van der Waals surface area contributed by atoms with Crippen LogP contribution in [0.4, 0.5) is 0 Å². The highest BCUT2D eigenvalue weighted by atomic mass is 35.5. The summed E-state index contributed by atoms with van der Waals surface area (Å²) in [6, 6.07) is 4.80. The Morgan fingerprint density at radius 1 is 1.25 bits per heavy atom. The molecule has 7 heteroatoms. The van der Waals surface area contributed by atoms with Gasteiger partial charge in [0, 0.05) is 22.4 Å². The maximum Gasteiger partial charge on any atom is 0.128 e. The van der Waals surface area contributed by atoms with E-state index in [1.165, 1.54) is 6.08 Å². The standard InChI is InChI=1S/C13H10Cl4N2O/c14-10-3-9(4-11(15)5-10)13(20,6-12(16)17)7-19-2-1-18-8-19/h1-6,8,20H,7H2. The molecular weight excluding hydrogens is 342 g/mol. The molecule has 0 aliphatic heterocycles. The van der Waals surface area contributed by atoms with E-state index in [1.807, 2.05) is 0 Å². The van der Waals surface area contributed by atoms with Gasteiger partial charge in [-0.05, 0) is 29.8 Å². The van der Waals surface area contributed by atoms with E-state index >= 15 is 0 Å². The van der Waals surface area contributed by atoms with Crippen molar-refractivity contribution in [3.63, 3.8) is 0 Å². The third kappa shape index (κ3) is 3.90. The Morgan fingerprint density at radius 3 is 2.40 bits per heavy atom. The number of benzene rings is 1. The maximum atomic E-state index is 10.9. The van der Waals surface area contributed by atoms with E-state index in [0.29, 0.717) is 15.6 Å². The monoisotopic (exact) mass is 350 g/mol. The fraction of sp³-hybridized carbons (Fsp3) is 0.154. The van der Waals surface area contributed by atoms with Crippen LogP contribution in [-0.2, 0) is 12.1 Å². The van der Waals surface area contributed by atoms with Gasteiger partial charge >= 0.3 is 0 Å². The number of aliphatic hydroxyl groups is 1. The van der Waals surface area contributed by atoms with Gasteiger partial charge in [0.1, 0.15) is 10.1 Å². The van der Waals surface area contributed by atoms with Crippen LogP contribution in [0.1, 0.15) is 5.56 Å². The second-order valence-corrected chi connectivity index (χ2v) is 6.13. The van der Waals surface area contributed by atoms with Gasteiger partial charge in [0.25, 0.3) is 0 Å². The second-order valence-electron chi connectivity index (χ2n) is 4.25. The first-order valence-electron chi connectivity index (χ1n) is 5.57. The first kappa shape index (κ1) is 15.7. The summed E-state index contributed by atoms with van der Waals surface area (Å²) in [6.45, 7) is 0.173. The molecule has 0 saturated heterocycles. The molecule has 0 amide bonds. The van der Waals surface area contributed by atoms with Gasteiger partial charge in [0.15, 0.2) is 0 Å². The van der Waals surface area contributed by atoms with Crippen LogP contribution >= 0.6 is 46.4 Å². The van der Waals surface area contributed by atoms with Crippen LogP contribution in [-0.4, -0.2) is 14.7 Å². The minimum absolute atomic E-state index is 0.0521. The largest absolute Gasteiger partial charge is 0.379 e. The van der Waals surface area contributed by atoms with Crippen molar-refractivity contribution in [2.24, 2.45) is 0 Å². The number of halogens is 4. The average molecular weight is 352 g/mol. The Kier molecular flexibility index (Phi) is 4.99. The molecule has 3 nitrogen and oxygen atoms in total. The molecule has 1 atom stereocenters. The fourth-order valence-electron chi connectivity index (χ4n) is 1.86. The van der Waals surface area contributed by atoms with Gasteiger partial charge in [0.05, 0.1) is 12.9 Å². The third-order valence-corrected chi connectivity index (χ3v) is 3.35. The van der Waals surface area contributed by atoms with E-state index in [4.69, 9.17) is 46.4 Å². The van der Waals surface area contributed by atoms with Crippen LogP contribution < -0.4 is 0 Å². The molecule has 0 radical (unpaired) electrons. The van der Waals surface area contributed by atoms with E-state index in [0.717, 1.165) is 0 Å². The lowest BCUT2D eigenvalue weighted by atomic mass is 9.93. The van der Waals surface area contributed by atoms with Crippen LogP contribution in [0.3, 0.4) is 0 Å². The summed E-state index contributed by atoms with van der Waals surface area (Å²) in [5, 5.41) is 11.7. The van der Waals surface area contributed by atoms with Crippen molar-refractivity contribution >= 4 is 46.4 Å². The van der Waals surface area contributed by atoms with Crippen molar-refractivity contribution < 1.29 is 5.11 Å². The first-order valence-corrected chi connectivity index (χ1v) is 7.09. The Bertz CT molecular complexity index is 603. The number of aromatic nitrogens is 2. The molecule has 1 aromatic carbocycles. The van der Waals surface area contributed by atoms with Gasteiger partial charge in [-0.15, -0.1) is 0 Å². The SMILES string of the molecule is OC(C=C(Cl)Cl)(Cn1ccnc1)c1cc(Cl)cc(Cl)c1. The van der Waals surface area contributed by atoms with Crippen LogP contribution in [0.5, 0.6) is 0 Å². The summed E-state index contributed by atoms with van der Waals surface area (Å²) in [5.74, 6) is 0. The normalized spacial score (nSPS) is 13.8. The highest BCUT2D eigenvalue weighted by molar-refractivity contribution is 6.55. The topological polar surface area (TPSA) is 38.0 Å². The Hall–Kier alpha value is -0.710. The lowest BCUT2D eigenvalue weighted by molar-refractivity contribution is 0.0695. The van der Waals surface area contributed by atoms with Gasteiger partial charge in [-0.1, -0.05) is 46.4 Å². The smallest absolute Gasteiger partial charge is 0.128 e. The lowest BCUT2D eigenvalue weighted by Crippen LogP contribution is -2.29. The molecule has 1 aromatic heterocycles. The second kappa shape index (κ2) is 6.37. The molecular formula is C13H10Cl4N2O. The van der Waals surface area contributed by atoms with E-state index in [2.05, 4.69) is 4.98 Å². The molecule has 0 aliphatic rings. The van der Waals surface area contributed by atoms with Crippen LogP contribution in [0.25, 0.3) is 0 Å². The van der Waals surface area contributed by atoms with Gasteiger partial charge in [-0.2, -0.15) is 0 Å². The van der Waals surface area contributed by atoms with Crippen molar-refractivity contribution in [1.82, 2.24) is 9.55 Å². The zero-order valence-electron chi connectivity index (χ0n) is 10.1. The quantitative estimate of drug-likeness (QED) is 0.886. The van der Waals surface area contributed by atoms with Crippen molar-refractivity contribution in [1.29, 1.82) is 0 Å². The number of hydrogen-bond donors (Lipinski definition) is 1. The molecule has 106 valence electrons. The number of nitrogens with zero attached hydrogens (tertiary/aromatic N) is 2. The molecule has 0 aliphatic carbocycles. The molecule has 1 N–H and O–H groups in total. The maximum absolute atomic E-state index is 10.9. The summed E-state index contributed by atoms with van der Waals surface area (Å²) in [6.07, 6.45) is 6.23. The summed E-state index contributed by atoms with van der Waals surface area (Å²) >= 11 is 23.4. The zero-order chi connectivity index (χ0) is 14.8. The van der Waals surface area contributed by atoms with E-state index < -0.39 is 5.60 Å². The van der Waals surface area contributed by atoms with Gasteiger partial charge < -0.3 is 9.67 Å². The molecule has 1 heterocycles. The van der Waals surface area contributed by atoms with E-state index in [-0.39, 0.29) is 11.0 Å². The first-order chi connectivity index (χ1) is 9.39. The summed E-state index contributed by atoms with van der Waals surface area (Å²) < 4.78 is 1.64. The molecule has 0 fully saturated rings. The number of rotatable bonds is 4. The molecule has 0 spiro atoms. The Labute approximate surface area is 136 Å². The minimum atomic E-state index is -1.45. The van der Waals surface area contributed by atoms with Crippen LogP contribution in [0.2, 0.25) is 10.0 Å². The number of hydrogen-bond acceptors (Lipinski definition) is 2. The highest BCUT2D eigenvalue weighted by Gasteiger charge is 2.28. The molecule has 2 rings (SSSR count). The van der Waals surface area contributed by atoms with Gasteiger partial charge in [-0.25, -0.2) is 4.98 Å². The van der Waals surface area contributed by atoms with Crippen LogP contribution in [0.15, 0.2) is 47.5 Å². The minimum Gasteiger partial charge on any atom is -0.379 e. The molecule has 0 bridgehead atoms.